The molecule has 2 aromatic rings. The Kier molecular flexibility index (Phi) is 7.69. The molecule has 0 aromatic heterocycles. The Morgan fingerprint density at radius 1 is 0.906 bits per heavy atom. The largest absolute Gasteiger partial charge is 0.493 e. The lowest BCUT2D eigenvalue weighted by Crippen LogP contribution is -2.34. The first-order chi connectivity index (χ1) is 15.1. The molecular formula is C29H40O3. The van der Waals surface area contributed by atoms with Crippen LogP contribution in [0.15, 0.2) is 36.4 Å². The minimum atomic E-state index is -0.888. The summed E-state index contributed by atoms with van der Waals surface area (Å²) in [5.74, 6) is 0.105. The molecule has 0 aliphatic heterocycles. The molecule has 0 heterocycles. The van der Waals surface area contributed by atoms with Crippen molar-refractivity contribution in [2.75, 3.05) is 6.61 Å². The zero-order chi connectivity index (χ0) is 23.4. The van der Waals surface area contributed by atoms with E-state index in [9.17, 15) is 9.90 Å². The number of rotatable bonds is 10. The maximum Gasteiger partial charge on any atom is 0.335 e. The van der Waals surface area contributed by atoms with Crippen molar-refractivity contribution in [2.45, 2.75) is 96.8 Å². The summed E-state index contributed by atoms with van der Waals surface area (Å²) in [6.45, 7) is 12.4. The van der Waals surface area contributed by atoms with E-state index in [1.165, 1.54) is 55.2 Å². The van der Waals surface area contributed by atoms with Gasteiger partial charge in [0.05, 0.1) is 12.2 Å². The second-order valence-electron chi connectivity index (χ2n) is 10.7. The van der Waals surface area contributed by atoms with Crippen LogP contribution in [0.5, 0.6) is 5.75 Å². The number of carboxylic acids is 1. The Morgan fingerprint density at radius 2 is 1.50 bits per heavy atom. The second-order valence-corrected chi connectivity index (χ2v) is 10.7. The second kappa shape index (κ2) is 10.1. The highest BCUT2D eigenvalue weighted by Gasteiger charge is 2.37. The van der Waals surface area contributed by atoms with Gasteiger partial charge in [-0.15, -0.1) is 0 Å². The smallest absolute Gasteiger partial charge is 0.335 e. The summed E-state index contributed by atoms with van der Waals surface area (Å²) in [4.78, 5) is 11.2. The lowest BCUT2D eigenvalue weighted by atomic mass is 9.63. The van der Waals surface area contributed by atoms with Crippen molar-refractivity contribution in [3.05, 3.63) is 64.2 Å². The zero-order valence-electron chi connectivity index (χ0n) is 20.6. The van der Waals surface area contributed by atoms with Gasteiger partial charge in [0, 0.05) is 6.42 Å². The molecule has 0 fully saturated rings. The van der Waals surface area contributed by atoms with Gasteiger partial charge >= 0.3 is 5.97 Å². The maximum absolute atomic E-state index is 11.2. The highest BCUT2D eigenvalue weighted by molar-refractivity contribution is 5.87. The highest BCUT2D eigenvalue weighted by Crippen LogP contribution is 2.48. The van der Waals surface area contributed by atoms with Crippen LogP contribution in [-0.2, 0) is 17.3 Å². The van der Waals surface area contributed by atoms with Crippen molar-refractivity contribution < 1.29 is 14.6 Å². The van der Waals surface area contributed by atoms with Gasteiger partial charge < -0.3 is 9.84 Å². The van der Waals surface area contributed by atoms with Crippen LogP contribution in [0.25, 0.3) is 0 Å². The quantitative estimate of drug-likeness (QED) is 0.389. The molecule has 174 valence electrons. The predicted octanol–water partition coefficient (Wildman–Crippen LogP) is 7.67. The van der Waals surface area contributed by atoms with Gasteiger partial charge in [0.1, 0.15) is 5.75 Å². The molecular weight excluding hydrogens is 396 g/mol. The molecule has 0 saturated carbocycles. The van der Waals surface area contributed by atoms with Gasteiger partial charge in [-0.1, -0.05) is 78.5 Å². The van der Waals surface area contributed by atoms with Crippen LogP contribution in [0.4, 0.5) is 0 Å². The minimum absolute atomic E-state index is 0.144. The van der Waals surface area contributed by atoms with Gasteiger partial charge in [-0.2, -0.15) is 0 Å². The molecule has 3 rings (SSSR count). The lowest BCUT2D eigenvalue weighted by Gasteiger charge is -2.42. The van der Waals surface area contributed by atoms with Crippen molar-refractivity contribution in [3.63, 3.8) is 0 Å². The molecule has 3 heteroatoms. The third-order valence-corrected chi connectivity index (χ3v) is 7.13. The average molecular weight is 437 g/mol. The molecule has 1 aliphatic rings. The normalized spacial score (nSPS) is 16.4. The Balaban J connectivity index is 1.90. The van der Waals surface area contributed by atoms with Gasteiger partial charge in [-0.05, 0) is 70.5 Å². The summed E-state index contributed by atoms with van der Waals surface area (Å²) < 4.78 is 6.39. The number of hydrogen-bond acceptors (Lipinski definition) is 2. The van der Waals surface area contributed by atoms with Gasteiger partial charge in [0.2, 0.25) is 0 Å². The summed E-state index contributed by atoms with van der Waals surface area (Å²) >= 11 is 0. The summed E-state index contributed by atoms with van der Waals surface area (Å²) in [7, 11) is 0. The minimum Gasteiger partial charge on any atom is -0.493 e. The predicted molar refractivity (Wildman–Crippen MR) is 132 cm³/mol. The Hall–Kier alpha value is -2.29. The number of unbranched alkanes of at least 4 members (excludes halogenated alkanes) is 4. The SMILES string of the molecule is CCCCCCCOc1cc2c(cc1Cc1ccc(C(=O)O)cc1)C(C)(C)CCC2(C)C. The molecule has 0 amide bonds. The van der Waals surface area contributed by atoms with Crippen LogP contribution >= 0.6 is 0 Å². The first-order valence-electron chi connectivity index (χ1n) is 12.3. The van der Waals surface area contributed by atoms with Crippen LogP contribution < -0.4 is 4.74 Å². The zero-order valence-corrected chi connectivity index (χ0v) is 20.6. The van der Waals surface area contributed by atoms with Crippen LogP contribution in [0, 0.1) is 0 Å². The fraction of sp³-hybridized carbons (Fsp3) is 0.552. The Bertz CT molecular complexity index is 922. The first kappa shape index (κ1) is 24.4. The molecule has 3 nitrogen and oxygen atoms in total. The summed E-state index contributed by atoms with van der Waals surface area (Å²) in [6.07, 6.45) is 9.21. The van der Waals surface area contributed by atoms with Crippen LogP contribution in [0.2, 0.25) is 0 Å². The maximum atomic E-state index is 11.2. The molecule has 1 aliphatic carbocycles. The number of hydrogen-bond donors (Lipinski definition) is 1. The topological polar surface area (TPSA) is 46.5 Å². The van der Waals surface area contributed by atoms with Gasteiger partial charge in [-0.3, -0.25) is 0 Å². The van der Waals surface area contributed by atoms with Gasteiger partial charge in [-0.25, -0.2) is 4.79 Å². The van der Waals surface area contributed by atoms with Crippen molar-refractivity contribution in [3.8, 4) is 5.75 Å². The van der Waals surface area contributed by atoms with Crippen molar-refractivity contribution in [1.29, 1.82) is 0 Å². The summed E-state index contributed by atoms with van der Waals surface area (Å²) in [5, 5.41) is 9.20. The van der Waals surface area contributed by atoms with Crippen molar-refractivity contribution in [2.24, 2.45) is 0 Å². The van der Waals surface area contributed by atoms with Crippen LogP contribution in [-0.4, -0.2) is 17.7 Å². The molecule has 32 heavy (non-hydrogen) atoms. The van der Waals surface area contributed by atoms with E-state index >= 15 is 0 Å². The van der Waals surface area contributed by atoms with Gasteiger partial charge in [0.25, 0.3) is 0 Å². The number of aromatic carboxylic acids is 1. The molecule has 0 radical (unpaired) electrons. The number of fused-ring (bicyclic) bond motifs is 1. The van der Waals surface area contributed by atoms with E-state index in [-0.39, 0.29) is 10.8 Å². The first-order valence-corrected chi connectivity index (χ1v) is 12.3. The Labute approximate surface area is 194 Å². The molecule has 1 N–H and O–H groups in total. The standard InChI is InChI=1S/C29H40O3/c1-6-7-8-9-10-17-32-26-20-25-24(28(2,3)15-16-29(25,4)5)19-23(26)18-21-11-13-22(14-12-21)27(30)31/h11-14,19-20H,6-10,15-18H2,1-5H3,(H,30,31). The molecule has 0 bridgehead atoms. The third-order valence-electron chi connectivity index (χ3n) is 7.13. The van der Waals surface area contributed by atoms with Crippen LogP contribution in [0.3, 0.4) is 0 Å². The number of carboxylic acid groups (broad SMARTS) is 1. The van der Waals surface area contributed by atoms with E-state index in [4.69, 9.17) is 4.74 Å². The fourth-order valence-electron chi connectivity index (χ4n) is 4.78. The number of carbonyl (C=O) groups is 1. The van der Waals surface area contributed by atoms with E-state index in [0.717, 1.165) is 30.8 Å². The van der Waals surface area contributed by atoms with Gasteiger partial charge in [0.15, 0.2) is 0 Å². The lowest BCUT2D eigenvalue weighted by molar-refractivity contribution is 0.0697. The highest BCUT2D eigenvalue weighted by atomic mass is 16.5. The third kappa shape index (κ3) is 5.74. The van der Waals surface area contributed by atoms with Crippen molar-refractivity contribution in [1.82, 2.24) is 0 Å². The number of benzene rings is 2. The summed E-state index contributed by atoms with van der Waals surface area (Å²) in [6, 6.07) is 11.9. The van der Waals surface area contributed by atoms with E-state index in [1.807, 2.05) is 12.1 Å². The molecule has 2 aromatic carbocycles. The van der Waals surface area contributed by atoms with Crippen LogP contribution in [0.1, 0.15) is 112 Å². The Morgan fingerprint density at radius 3 is 2.09 bits per heavy atom. The average Bonchev–Trinajstić information content (AvgIpc) is 2.75. The molecule has 0 atom stereocenters. The van der Waals surface area contributed by atoms with E-state index in [1.54, 1.807) is 12.1 Å². The monoisotopic (exact) mass is 436 g/mol. The fourth-order valence-corrected chi connectivity index (χ4v) is 4.78. The molecule has 0 spiro atoms. The summed E-state index contributed by atoms with van der Waals surface area (Å²) in [5.41, 5.74) is 5.77. The van der Waals surface area contributed by atoms with E-state index in [2.05, 4.69) is 46.8 Å². The molecule has 0 saturated heterocycles. The molecule has 0 unspecified atom stereocenters. The van der Waals surface area contributed by atoms with E-state index in [0.29, 0.717) is 5.56 Å². The van der Waals surface area contributed by atoms with E-state index < -0.39 is 5.97 Å². The number of ether oxygens (including phenoxy) is 1. The van der Waals surface area contributed by atoms with Crippen molar-refractivity contribution >= 4 is 5.97 Å².